The van der Waals surface area contributed by atoms with Crippen LogP contribution in [0.1, 0.15) is 6.92 Å². The fourth-order valence-corrected chi connectivity index (χ4v) is 3.92. The Morgan fingerprint density at radius 2 is 1.74 bits per heavy atom. The molecule has 3 heterocycles. The molecule has 0 unspecified atom stereocenters. The monoisotopic (exact) mass is 324 g/mol. The van der Waals surface area contributed by atoms with Gasteiger partial charge in [0.05, 0.1) is 4.88 Å². The number of piperazine rings is 1. The Bertz CT molecular complexity index is 792. The molecule has 0 N–H and O–H groups in total. The van der Waals surface area contributed by atoms with Gasteiger partial charge in [0.2, 0.25) is 0 Å². The first-order valence-electron chi connectivity index (χ1n) is 8.13. The Balaban J connectivity index is 1.76. The number of likely N-dealkylation sites (N-methyl/N-ethyl adjacent to an activating group) is 1. The average Bonchev–Trinajstić information content (AvgIpc) is 3.15. The van der Waals surface area contributed by atoms with Gasteiger partial charge in [0.25, 0.3) is 0 Å². The number of nitrogens with zero attached hydrogens (tertiary/aromatic N) is 4. The van der Waals surface area contributed by atoms with E-state index in [1.807, 2.05) is 0 Å². The Morgan fingerprint density at radius 3 is 2.43 bits per heavy atom. The number of anilines is 1. The van der Waals surface area contributed by atoms with Crippen LogP contribution in [0.3, 0.4) is 0 Å². The van der Waals surface area contributed by atoms with Gasteiger partial charge in [-0.3, -0.25) is 0 Å². The molecule has 4 nitrogen and oxygen atoms in total. The van der Waals surface area contributed by atoms with E-state index in [4.69, 9.17) is 0 Å². The highest BCUT2D eigenvalue weighted by atomic mass is 32.1. The van der Waals surface area contributed by atoms with Gasteiger partial charge >= 0.3 is 0 Å². The molecule has 0 amide bonds. The molecule has 23 heavy (non-hydrogen) atoms. The third-order valence-corrected chi connectivity index (χ3v) is 5.42. The summed E-state index contributed by atoms with van der Waals surface area (Å²) >= 11 is 1.71. The predicted octanol–water partition coefficient (Wildman–Crippen LogP) is 3.50. The number of rotatable bonds is 3. The molecule has 1 aliphatic heterocycles. The lowest BCUT2D eigenvalue weighted by Gasteiger charge is -2.35. The summed E-state index contributed by atoms with van der Waals surface area (Å²) in [5, 5.41) is 13.7. The fourth-order valence-electron chi connectivity index (χ4n) is 3.19. The van der Waals surface area contributed by atoms with E-state index in [1.165, 1.54) is 15.6 Å². The molecule has 1 saturated heterocycles. The van der Waals surface area contributed by atoms with Crippen molar-refractivity contribution in [3.63, 3.8) is 0 Å². The van der Waals surface area contributed by atoms with Crippen molar-refractivity contribution < 1.29 is 0 Å². The summed E-state index contributed by atoms with van der Waals surface area (Å²) in [5.74, 6) is 1.02. The lowest BCUT2D eigenvalue weighted by Crippen LogP contribution is -2.46. The van der Waals surface area contributed by atoms with E-state index < -0.39 is 0 Å². The van der Waals surface area contributed by atoms with Crippen LogP contribution in [0.15, 0.2) is 41.8 Å². The van der Waals surface area contributed by atoms with Crippen molar-refractivity contribution in [2.45, 2.75) is 6.92 Å². The lowest BCUT2D eigenvalue weighted by molar-refractivity contribution is 0.270. The van der Waals surface area contributed by atoms with Gasteiger partial charge < -0.3 is 9.80 Å². The minimum atomic E-state index is 0.992. The number of thiophene rings is 1. The third kappa shape index (κ3) is 2.71. The van der Waals surface area contributed by atoms with Gasteiger partial charge in [-0.05, 0) is 18.0 Å². The maximum absolute atomic E-state index is 4.60. The Kier molecular flexibility index (Phi) is 3.97. The van der Waals surface area contributed by atoms with Crippen molar-refractivity contribution in [1.82, 2.24) is 15.1 Å². The van der Waals surface area contributed by atoms with Gasteiger partial charge in [0.15, 0.2) is 5.82 Å². The molecule has 3 aromatic rings. The van der Waals surface area contributed by atoms with Gasteiger partial charge in [-0.2, -0.15) is 0 Å². The molecule has 2 aromatic heterocycles. The van der Waals surface area contributed by atoms with Crippen LogP contribution in [0, 0.1) is 0 Å². The predicted molar refractivity (Wildman–Crippen MR) is 97.2 cm³/mol. The van der Waals surface area contributed by atoms with Crippen molar-refractivity contribution in [3.05, 3.63) is 41.8 Å². The van der Waals surface area contributed by atoms with Crippen molar-refractivity contribution >= 4 is 27.9 Å². The summed E-state index contributed by atoms with van der Waals surface area (Å²) in [7, 11) is 0. The highest BCUT2D eigenvalue weighted by Gasteiger charge is 2.20. The lowest BCUT2D eigenvalue weighted by atomic mass is 10.1. The van der Waals surface area contributed by atoms with Gasteiger partial charge in [0, 0.05) is 37.0 Å². The van der Waals surface area contributed by atoms with Crippen LogP contribution in [0.2, 0.25) is 0 Å². The van der Waals surface area contributed by atoms with Crippen molar-refractivity contribution in [3.8, 4) is 10.6 Å². The molecule has 5 heteroatoms. The van der Waals surface area contributed by atoms with Gasteiger partial charge in [-0.25, -0.2) is 0 Å². The van der Waals surface area contributed by atoms with Crippen LogP contribution >= 0.6 is 11.3 Å². The zero-order valence-corrected chi connectivity index (χ0v) is 14.1. The highest BCUT2D eigenvalue weighted by molar-refractivity contribution is 7.13. The minimum absolute atomic E-state index is 0.992. The normalized spacial score (nSPS) is 16.1. The molecule has 118 valence electrons. The largest absolute Gasteiger partial charge is 0.352 e. The highest BCUT2D eigenvalue weighted by Crippen LogP contribution is 2.33. The van der Waals surface area contributed by atoms with E-state index in [-0.39, 0.29) is 0 Å². The Hall–Kier alpha value is -1.98. The van der Waals surface area contributed by atoms with E-state index >= 15 is 0 Å². The smallest absolute Gasteiger partial charge is 0.159 e. The second-order valence-corrected chi connectivity index (χ2v) is 6.76. The number of fused-ring (bicyclic) bond motifs is 1. The number of aromatic nitrogens is 2. The van der Waals surface area contributed by atoms with Gasteiger partial charge in [0.1, 0.15) is 5.69 Å². The second kappa shape index (κ2) is 6.26. The van der Waals surface area contributed by atoms with Gasteiger partial charge in [-0.15, -0.1) is 21.5 Å². The quantitative estimate of drug-likeness (QED) is 0.738. The summed E-state index contributed by atoms with van der Waals surface area (Å²) in [6, 6.07) is 12.7. The van der Waals surface area contributed by atoms with Crippen LogP contribution in [-0.2, 0) is 0 Å². The SMILES string of the molecule is CCN1CCN(c2nnc(-c3cccs3)c3ccccc23)CC1. The van der Waals surface area contributed by atoms with E-state index in [0.717, 1.165) is 44.2 Å². The molecule has 1 fully saturated rings. The molecule has 0 aliphatic carbocycles. The molecule has 0 radical (unpaired) electrons. The number of hydrogen-bond acceptors (Lipinski definition) is 5. The van der Waals surface area contributed by atoms with Crippen LogP contribution in [-0.4, -0.2) is 47.8 Å². The van der Waals surface area contributed by atoms with Crippen molar-refractivity contribution in [2.24, 2.45) is 0 Å². The minimum Gasteiger partial charge on any atom is -0.352 e. The Morgan fingerprint density at radius 1 is 0.957 bits per heavy atom. The van der Waals surface area contributed by atoms with E-state index in [2.05, 4.69) is 68.7 Å². The van der Waals surface area contributed by atoms with E-state index in [1.54, 1.807) is 11.3 Å². The first-order chi connectivity index (χ1) is 11.4. The van der Waals surface area contributed by atoms with Crippen molar-refractivity contribution in [1.29, 1.82) is 0 Å². The van der Waals surface area contributed by atoms with Crippen LogP contribution < -0.4 is 4.90 Å². The molecular weight excluding hydrogens is 304 g/mol. The van der Waals surface area contributed by atoms with E-state index in [9.17, 15) is 0 Å². The maximum atomic E-state index is 4.60. The van der Waals surface area contributed by atoms with Gasteiger partial charge in [-0.1, -0.05) is 37.3 Å². The summed E-state index contributed by atoms with van der Waals surface area (Å²) in [6.45, 7) is 7.58. The average molecular weight is 324 g/mol. The molecule has 4 rings (SSSR count). The zero-order chi connectivity index (χ0) is 15.6. The maximum Gasteiger partial charge on any atom is 0.159 e. The topological polar surface area (TPSA) is 32.3 Å². The number of hydrogen-bond donors (Lipinski definition) is 0. The first-order valence-corrected chi connectivity index (χ1v) is 9.01. The second-order valence-electron chi connectivity index (χ2n) is 5.82. The summed E-state index contributed by atoms with van der Waals surface area (Å²) in [5.41, 5.74) is 0.992. The summed E-state index contributed by atoms with van der Waals surface area (Å²) < 4.78 is 0. The standard InChI is InChI=1S/C18H20N4S/c1-2-21-9-11-22(12-10-21)18-15-7-4-3-6-14(15)17(19-20-18)16-8-5-13-23-16/h3-8,13H,2,9-12H2,1H3. The van der Waals surface area contributed by atoms with Crippen molar-refractivity contribution in [2.75, 3.05) is 37.6 Å². The fraction of sp³-hybridized carbons (Fsp3) is 0.333. The molecule has 0 spiro atoms. The van der Waals surface area contributed by atoms with Crippen LogP contribution in [0.4, 0.5) is 5.82 Å². The summed E-state index contributed by atoms with van der Waals surface area (Å²) in [6.07, 6.45) is 0. The third-order valence-electron chi connectivity index (χ3n) is 4.54. The first kappa shape index (κ1) is 14.6. The zero-order valence-electron chi connectivity index (χ0n) is 13.3. The molecular formula is C18H20N4S. The molecule has 1 aliphatic rings. The number of benzene rings is 1. The molecule has 0 saturated carbocycles. The van der Waals surface area contributed by atoms with Crippen LogP contribution in [0.25, 0.3) is 21.3 Å². The molecule has 1 aromatic carbocycles. The molecule has 0 bridgehead atoms. The van der Waals surface area contributed by atoms with E-state index in [0.29, 0.717) is 0 Å². The molecule has 0 atom stereocenters. The summed E-state index contributed by atoms with van der Waals surface area (Å²) in [4.78, 5) is 6.03. The van der Waals surface area contributed by atoms with Crippen LogP contribution in [0.5, 0.6) is 0 Å². The Labute approximate surface area is 140 Å².